The maximum Gasteiger partial charge on any atom is 0.276 e. The van der Waals surface area contributed by atoms with Gasteiger partial charge in [-0.15, -0.1) is 0 Å². The van der Waals surface area contributed by atoms with E-state index >= 15 is 0 Å². The molecular formula is C12H15N3OS. The van der Waals surface area contributed by atoms with Crippen LogP contribution in [0.4, 0.5) is 11.4 Å². The molecule has 0 aromatic heterocycles. The van der Waals surface area contributed by atoms with Gasteiger partial charge in [0, 0.05) is 25.0 Å². The van der Waals surface area contributed by atoms with Crippen molar-refractivity contribution in [2.75, 3.05) is 23.8 Å². The number of amides is 1. The van der Waals surface area contributed by atoms with Crippen LogP contribution in [0.5, 0.6) is 0 Å². The highest BCUT2D eigenvalue weighted by Gasteiger charge is 2.14. The Bertz CT molecular complexity index is 473. The Morgan fingerprint density at radius 3 is 3.00 bits per heavy atom. The molecular weight excluding hydrogens is 234 g/mol. The summed E-state index contributed by atoms with van der Waals surface area (Å²) >= 11 is 4.84. The van der Waals surface area contributed by atoms with E-state index in [0.29, 0.717) is 0 Å². The molecule has 1 aliphatic rings. The van der Waals surface area contributed by atoms with E-state index in [2.05, 4.69) is 17.3 Å². The van der Waals surface area contributed by atoms with Gasteiger partial charge in [0.15, 0.2) is 4.99 Å². The number of primary amides is 1. The molecule has 1 aliphatic heterocycles. The number of fused-ring (bicyclic) bond motifs is 1. The summed E-state index contributed by atoms with van der Waals surface area (Å²) < 4.78 is 0. The second-order valence-corrected chi connectivity index (χ2v) is 4.60. The highest BCUT2D eigenvalue weighted by atomic mass is 32.1. The summed E-state index contributed by atoms with van der Waals surface area (Å²) in [6.45, 7) is 1.08. The van der Waals surface area contributed by atoms with Gasteiger partial charge in [0.05, 0.1) is 0 Å². The fourth-order valence-corrected chi connectivity index (χ4v) is 2.17. The molecule has 0 spiro atoms. The van der Waals surface area contributed by atoms with Crippen LogP contribution in [-0.4, -0.2) is 24.5 Å². The molecule has 0 unspecified atom stereocenters. The number of nitrogens with two attached hydrogens (primary N) is 1. The molecule has 1 aromatic carbocycles. The van der Waals surface area contributed by atoms with E-state index in [-0.39, 0.29) is 4.99 Å². The fourth-order valence-electron chi connectivity index (χ4n) is 2.06. The molecule has 0 fully saturated rings. The van der Waals surface area contributed by atoms with E-state index in [1.807, 2.05) is 18.2 Å². The maximum atomic E-state index is 10.9. The summed E-state index contributed by atoms with van der Waals surface area (Å²) in [6.07, 6.45) is 2.20. The number of anilines is 2. The Morgan fingerprint density at radius 1 is 1.53 bits per heavy atom. The number of rotatable bonds is 1. The minimum absolute atomic E-state index is 0.0501. The van der Waals surface area contributed by atoms with Gasteiger partial charge in [-0.25, -0.2) is 0 Å². The van der Waals surface area contributed by atoms with E-state index in [1.165, 1.54) is 11.3 Å². The first-order valence-corrected chi connectivity index (χ1v) is 5.93. The average molecular weight is 249 g/mol. The minimum Gasteiger partial charge on any atom is -0.374 e. The van der Waals surface area contributed by atoms with Gasteiger partial charge in [0.2, 0.25) is 0 Å². The van der Waals surface area contributed by atoms with Gasteiger partial charge < -0.3 is 16.0 Å². The molecule has 0 radical (unpaired) electrons. The van der Waals surface area contributed by atoms with Crippen LogP contribution in [0.1, 0.15) is 12.0 Å². The average Bonchev–Trinajstić information content (AvgIpc) is 2.29. The van der Waals surface area contributed by atoms with E-state index in [0.717, 1.165) is 25.1 Å². The monoisotopic (exact) mass is 249 g/mol. The number of carbonyl (C=O) groups is 1. The van der Waals surface area contributed by atoms with Crippen LogP contribution in [0.15, 0.2) is 18.2 Å². The maximum absolute atomic E-state index is 10.9. The molecule has 4 nitrogen and oxygen atoms in total. The molecule has 17 heavy (non-hydrogen) atoms. The number of thiocarbonyl (C=S) groups is 1. The molecule has 1 aromatic rings. The van der Waals surface area contributed by atoms with Crippen molar-refractivity contribution in [2.24, 2.45) is 5.73 Å². The molecule has 1 heterocycles. The smallest absolute Gasteiger partial charge is 0.276 e. The molecule has 0 saturated heterocycles. The zero-order chi connectivity index (χ0) is 12.4. The summed E-state index contributed by atoms with van der Waals surface area (Å²) in [5.74, 6) is -0.602. The lowest BCUT2D eigenvalue weighted by molar-refractivity contribution is -0.111. The van der Waals surface area contributed by atoms with Crippen molar-refractivity contribution < 1.29 is 4.79 Å². The van der Waals surface area contributed by atoms with Crippen LogP contribution in [0.2, 0.25) is 0 Å². The lowest BCUT2D eigenvalue weighted by atomic mass is 10.0. The number of aryl methyl sites for hydroxylation is 1. The van der Waals surface area contributed by atoms with Crippen LogP contribution >= 0.6 is 12.2 Å². The molecule has 0 bridgehead atoms. The van der Waals surface area contributed by atoms with Gasteiger partial charge >= 0.3 is 0 Å². The summed E-state index contributed by atoms with van der Waals surface area (Å²) in [6, 6.07) is 5.98. The van der Waals surface area contributed by atoms with Crippen molar-refractivity contribution in [2.45, 2.75) is 12.8 Å². The Balaban J connectivity index is 2.22. The summed E-state index contributed by atoms with van der Waals surface area (Å²) in [5, 5.41) is 2.84. The third kappa shape index (κ3) is 2.55. The summed E-state index contributed by atoms with van der Waals surface area (Å²) in [7, 11) is 2.08. The normalized spacial score (nSPS) is 14.1. The molecule has 2 rings (SSSR count). The van der Waals surface area contributed by atoms with Crippen molar-refractivity contribution in [1.29, 1.82) is 0 Å². The largest absolute Gasteiger partial charge is 0.374 e. The first kappa shape index (κ1) is 11.9. The minimum atomic E-state index is -0.602. The molecule has 0 aliphatic carbocycles. The Labute approximate surface area is 106 Å². The first-order valence-electron chi connectivity index (χ1n) is 5.53. The van der Waals surface area contributed by atoms with Gasteiger partial charge in [0.25, 0.3) is 5.91 Å². The summed E-state index contributed by atoms with van der Waals surface area (Å²) in [4.78, 5) is 13.1. The quantitative estimate of drug-likeness (QED) is 0.736. The summed E-state index contributed by atoms with van der Waals surface area (Å²) in [5.41, 5.74) is 8.43. The second kappa shape index (κ2) is 4.71. The standard InChI is InChI=1S/C12H15N3OS/c1-15-6-2-3-8-7-9(4-5-10(8)15)14-12(17)11(13)16/h4-5,7H,2-3,6H2,1H3,(H2,13,16)(H,14,17). The van der Waals surface area contributed by atoms with Gasteiger partial charge in [0.1, 0.15) is 0 Å². The molecule has 0 atom stereocenters. The molecule has 90 valence electrons. The van der Waals surface area contributed by atoms with Gasteiger partial charge in [-0.2, -0.15) is 0 Å². The van der Waals surface area contributed by atoms with Crippen molar-refractivity contribution in [3.8, 4) is 0 Å². The van der Waals surface area contributed by atoms with E-state index < -0.39 is 5.91 Å². The van der Waals surface area contributed by atoms with Crippen LogP contribution in [0.25, 0.3) is 0 Å². The third-order valence-corrected chi connectivity index (χ3v) is 3.22. The van der Waals surface area contributed by atoms with Crippen molar-refractivity contribution in [1.82, 2.24) is 0 Å². The van der Waals surface area contributed by atoms with Gasteiger partial charge in [-0.05, 0) is 36.6 Å². The van der Waals surface area contributed by atoms with Gasteiger partial charge in [-0.3, -0.25) is 4.79 Å². The Hall–Kier alpha value is -1.62. The van der Waals surface area contributed by atoms with Crippen LogP contribution in [-0.2, 0) is 11.2 Å². The number of nitrogens with zero attached hydrogens (tertiary/aromatic N) is 1. The number of nitrogens with one attached hydrogen (secondary N) is 1. The third-order valence-electron chi connectivity index (χ3n) is 2.91. The van der Waals surface area contributed by atoms with Crippen LogP contribution < -0.4 is 16.0 Å². The number of carbonyl (C=O) groups excluding carboxylic acids is 1. The molecule has 3 N–H and O–H groups in total. The second-order valence-electron chi connectivity index (χ2n) is 4.19. The lowest BCUT2D eigenvalue weighted by Gasteiger charge is -2.27. The highest BCUT2D eigenvalue weighted by Crippen LogP contribution is 2.28. The topological polar surface area (TPSA) is 58.4 Å². The predicted molar refractivity (Wildman–Crippen MR) is 73.4 cm³/mol. The molecule has 5 heteroatoms. The van der Waals surface area contributed by atoms with Crippen LogP contribution in [0, 0.1) is 0 Å². The van der Waals surface area contributed by atoms with Gasteiger partial charge in [-0.1, -0.05) is 12.2 Å². The van der Waals surface area contributed by atoms with E-state index in [1.54, 1.807) is 0 Å². The van der Waals surface area contributed by atoms with E-state index in [9.17, 15) is 4.79 Å². The zero-order valence-corrected chi connectivity index (χ0v) is 10.5. The number of hydrogen-bond donors (Lipinski definition) is 2. The Kier molecular flexibility index (Phi) is 3.28. The Morgan fingerprint density at radius 2 is 2.29 bits per heavy atom. The fraction of sp³-hybridized carbons (Fsp3) is 0.333. The SMILES string of the molecule is CN1CCCc2cc(NC(=S)C(N)=O)ccc21. The highest BCUT2D eigenvalue weighted by molar-refractivity contribution is 7.82. The lowest BCUT2D eigenvalue weighted by Crippen LogP contribution is -2.28. The number of benzene rings is 1. The molecule has 0 saturated carbocycles. The predicted octanol–water partition coefficient (Wildman–Crippen LogP) is 1.29. The molecule has 1 amide bonds. The van der Waals surface area contributed by atoms with Crippen molar-refractivity contribution in [3.05, 3.63) is 23.8 Å². The number of hydrogen-bond acceptors (Lipinski definition) is 3. The van der Waals surface area contributed by atoms with Crippen molar-refractivity contribution >= 4 is 34.5 Å². The first-order chi connectivity index (χ1) is 8.08. The van der Waals surface area contributed by atoms with Crippen LogP contribution in [0.3, 0.4) is 0 Å². The zero-order valence-electron chi connectivity index (χ0n) is 9.69. The van der Waals surface area contributed by atoms with Crippen molar-refractivity contribution in [3.63, 3.8) is 0 Å². The van der Waals surface area contributed by atoms with E-state index in [4.69, 9.17) is 18.0 Å².